The van der Waals surface area contributed by atoms with Gasteiger partial charge in [0, 0.05) is 50.2 Å². The Morgan fingerprint density at radius 2 is 1.75 bits per heavy atom. The molecule has 142 valence electrons. The van der Waals surface area contributed by atoms with Crippen molar-refractivity contribution in [1.82, 2.24) is 15.1 Å². The van der Waals surface area contributed by atoms with Crippen LogP contribution in [0, 0.1) is 11.3 Å². The Bertz CT molecular complexity index is 431. The average molecular weight is 452 g/mol. The molecule has 24 heavy (non-hydrogen) atoms. The first-order valence-corrected chi connectivity index (χ1v) is 9.01. The molecule has 2 rings (SSSR count). The van der Waals surface area contributed by atoms with Crippen molar-refractivity contribution in [2.75, 3.05) is 46.4 Å². The average Bonchev–Trinajstić information content (AvgIpc) is 2.50. The second-order valence-corrected chi connectivity index (χ2v) is 8.42. The van der Waals surface area contributed by atoms with E-state index >= 15 is 0 Å². The molecule has 1 atom stereocenters. The Kier molecular flexibility index (Phi) is 7.81. The summed E-state index contributed by atoms with van der Waals surface area (Å²) in [5, 5.41) is 3.64. The minimum atomic E-state index is 0. The predicted octanol–water partition coefficient (Wildman–Crippen LogP) is 2.66. The van der Waals surface area contributed by atoms with E-state index in [9.17, 15) is 0 Å². The number of ether oxygens (including phenoxy) is 1. The van der Waals surface area contributed by atoms with E-state index in [-0.39, 0.29) is 29.5 Å². The van der Waals surface area contributed by atoms with Gasteiger partial charge in [-0.2, -0.15) is 0 Å². The smallest absolute Gasteiger partial charge is 0.194 e. The molecular weight excluding hydrogens is 415 g/mol. The first kappa shape index (κ1) is 22.0. The van der Waals surface area contributed by atoms with E-state index in [1.54, 1.807) is 0 Å². The zero-order chi connectivity index (χ0) is 17.3. The molecule has 2 saturated heterocycles. The van der Waals surface area contributed by atoms with E-state index in [0.717, 1.165) is 45.4 Å². The van der Waals surface area contributed by atoms with Crippen LogP contribution in [-0.2, 0) is 4.74 Å². The summed E-state index contributed by atoms with van der Waals surface area (Å²) < 4.78 is 5.50. The molecule has 0 saturated carbocycles. The second-order valence-electron chi connectivity index (χ2n) is 8.42. The van der Waals surface area contributed by atoms with Crippen molar-refractivity contribution < 1.29 is 4.74 Å². The molecule has 6 heteroatoms. The van der Waals surface area contributed by atoms with Crippen LogP contribution >= 0.6 is 24.0 Å². The molecule has 0 aromatic rings. The molecule has 0 aliphatic carbocycles. The first-order chi connectivity index (χ1) is 10.7. The minimum absolute atomic E-state index is 0. The van der Waals surface area contributed by atoms with E-state index in [4.69, 9.17) is 4.74 Å². The number of hydrogen-bond donors (Lipinski definition) is 1. The molecule has 0 amide bonds. The Balaban J connectivity index is 0.00000288. The first-order valence-electron chi connectivity index (χ1n) is 9.01. The van der Waals surface area contributed by atoms with Crippen molar-refractivity contribution in [1.29, 1.82) is 0 Å². The van der Waals surface area contributed by atoms with Gasteiger partial charge in [0.25, 0.3) is 0 Å². The molecular formula is C18H37IN4O. The number of nitrogens with one attached hydrogen (secondary N) is 1. The lowest BCUT2D eigenvalue weighted by atomic mass is 9.65. The van der Waals surface area contributed by atoms with Crippen molar-refractivity contribution in [3.05, 3.63) is 0 Å². The van der Waals surface area contributed by atoms with Crippen LogP contribution in [0.5, 0.6) is 0 Å². The molecule has 2 aliphatic heterocycles. The molecule has 2 fully saturated rings. The molecule has 1 unspecified atom stereocenters. The Morgan fingerprint density at radius 1 is 1.17 bits per heavy atom. The van der Waals surface area contributed by atoms with Crippen LogP contribution in [0.15, 0.2) is 4.99 Å². The van der Waals surface area contributed by atoms with E-state index in [1.165, 1.54) is 0 Å². The summed E-state index contributed by atoms with van der Waals surface area (Å²) in [5.74, 6) is 1.65. The van der Waals surface area contributed by atoms with Gasteiger partial charge in [0.15, 0.2) is 5.96 Å². The summed E-state index contributed by atoms with van der Waals surface area (Å²) >= 11 is 0. The molecule has 0 spiro atoms. The summed E-state index contributed by atoms with van der Waals surface area (Å²) in [5.41, 5.74) is 0.466. The van der Waals surface area contributed by atoms with E-state index in [1.807, 2.05) is 7.05 Å². The summed E-state index contributed by atoms with van der Waals surface area (Å²) in [6.45, 7) is 19.7. The van der Waals surface area contributed by atoms with Gasteiger partial charge in [0.05, 0.1) is 13.2 Å². The summed E-state index contributed by atoms with van der Waals surface area (Å²) in [6.07, 6.45) is 0. The number of rotatable bonds is 4. The summed E-state index contributed by atoms with van der Waals surface area (Å²) in [4.78, 5) is 9.50. The minimum Gasteiger partial charge on any atom is -0.379 e. The maximum absolute atomic E-state index is 5.50. The Hall–Kier alpha value is -0.0800. The number of halogens is 1. The highest BCUT2D eigenvalue weighted by atomic mass is 127. The van der Waals surface area contributed by atoms with Gasteiger partial charge in [-0.25, -0.2) is 0 Å². The van der Waals surface area contributed by atoms with E-state index in [0.29, 0.717) is 17.4 Å². The summed E-state index contributed by atoms with van der Waals surface area (Å²) in [7, 11) is 1.89. The normalized spacial score (nSPS) is 25.0. The van der Waals surface area contributed by atoms with Crippen LogP contribution in [-0.4, -0.2) is 73.8 Å². The molecule has 5 nitrogen and oxygen atoms in total. The zero-order valence-electron chi connectivity index (χ0n) is 16.6. The highest BCUT2D eigenvalue weighted by molar-refractivity contribution is 14.0. The SMILES string of the molecule is CN=C(NCC(C(C)C)N1CCOCC1)N1CC(C)(C)C1(C)C.I. The van der Waals surface area contributed by atoms with Crippen LogP contribution in [0.25, 0.3) is 0 Å². The monoisotopic (exact) mass is 452 g/mol. The van der Waals surface area contributed by atoms with Gasteiger partial charge in [-0.3, -0.25) is 9.89 Å². The quantitative estimate of drug-likeness (QED) is 0.405. The molecule has 2 heterocycles. The topological polar surface area (TPSA) is 40.1 Å². The van der Waals surface area contributed by atoms with Crippen LogP contribution < -0.4 is 5.32 Å². The van der Waals surface area contributed by atoms with Crippen LogP contribution in [0.4, 0.5) is 0 Å². The number of nitrogens with zero attached hydrogens (tertiary/aromatic N) is 3. The molecule has 2 aliphatic rings. The van der Waals surface area contributed by atoms with Crippen molar-refractivity contribution in [2.45, 2.75) is 53.1 Å². The lowest BCUT2D eigenvalue weighted by Crippen LogP contribution is -2.72. The van der Waals surface area contributed by atoms with Crippen molar-refractivity contribution in [3.8, 4) is 0 Å². The standard InChI is InChI=1S/C18H36N4O.HI/c1-14(2)15(21-8-10-23-11-9-21)12-20-16(19-7)22-13-17(3,4)18(22,5)6;/h14-15H,8-13H2,1-7H3,(H,19,20);1H. The maximum atomic E-state index is 5.50. The van der Waals surface area contributed by atoms with Gasteiger partial charge in [-0.15, -0.1) is 24.0 Å². The lowest BCUT2D eigenvalue weighted by molar-refractivity contribution is -0.0671. The van der Waals surface area contributed by atoms with Crippen molar-refractivity contribution >= 4 is 29.9 Å². The van der Waals surface area contributed by atoms with Crippen molar-refractivity contribution in [2.24, 2.45) is 16.3 Å². The van der Waals surface area contributed by atoms with Crippen LogP contribution in [0.3, 0.4) is 0 Å². The van der Waals surface area contributed by atoms with Gasteiger partial charge in [-0.05, 0) is 19.8 Å². The van der Waals surface area contributed by atoms with Gasteiger partial charge in [-0.1, -0.05) is 27.7 Å². The Labute approximate surface area is 165 Å². The fraction of sp³-hybridized carbons (Fsp3) is 0.944. The van der Waals surface area contributed by atoms with Crippen molar-refractivity contribution in [3.63, 3.8) is 0 Å². The Morgan fingerprint density at radius 3 is 2.17 bits per heavy atom. The number of morpholine rings is 1. The zero-order valence-corrected chi connectivity index (χ0v) is 18.9. The molecule has 1 N–H and O–H groups in total. The maximum Gasteiger partial charge on any atom is 0.194 e. The third-order valence-corrected chi connectivity index (χ3v) is 6.11. The largest absolute Gasteiger partial charge is 0.379 e. The third kappa shape index (κ3) is 4.36. The fourth-order valence-electron chi connectivity index (χ4n) is 3.59. The third-order valence-electron chi connectivity index (χ3n) is 6.11. The second kappa shape index (κ2) is 8.54. The van der Waals surface area contributed by atoms with Crippen LogP contribution in [0.2, 0.25) is 0 Å². The number of hydrogen-bond acceptors (Lipinski definition) is 3. The molecule has 0 bridgehead atoms. The number of aliphatic imine (C=N–C) groups is 1. The fourth-order valence-corrected chi connectivity index (χ4v) is 3.59. The van der Waals surface area contributed by atoms with E-state index in [2.05, 4.69) is 61.7 Å². The van der Waals surface area contributed by atoms with Crippen LogP contribution in [0.1, 0.15) is 41.5 Å². The molecule has 0 aromatic heterocycles. The van der Waals surface area contributed by atoms with Gasteiger partial charge in [0.2, 0.25) is 0 Å². The number of guanidine groups is 1. The predicted molar refractivity (Wildman–Crippen MR) is 112 cm³/mol. The van der Waals surface area contributed by atoms with Gasteiger partial charge < -0.3 is 15.0 Å². The molecule has 0 aromatic carbocycles. The van der Waals surface area contributed by atoms with E-state index < -0.39 is 0 Å². The van der Waals surface area contributed by atoms with Gasteiger partial charge >= 0.3 is 0 Å². The van der Waals surface area contributed by atoms with Gasteiger partial charge in [0.1, 0.15) is 0 Å². The number of likely N-dealkylation sites (tertiary alicyclic amines) is 1. The highest BCUT2D eigenvalue weighted by Crippen LogP contribution is 2.46. The highest BCUT2D eigenvalue weighted by Gasteiger charge is 2.53. The lowest BCUT2D eigenvalue weighted by Gasteiger charge is -2.62. The molecule has 0 radical (unpaired) electrons. The summed E-state index contributed by atoms with van der Waals surface area (Å²) in [6, 6.07) is 0.521.